The normalized spacial score (nSPS) is 10.7. The van der Waals surface area contributed by atoms with Crippen LogP contribution in [-0.4, -0.2) is 27.1 Å². The summed E-state index contributed by atoms with van der Waals surface area (Å²) in [6, 6.07) is 8.57. The van der Waals surface area contributed by atoms with Crippen molar-refractivity contribution >= 4 is 45.1 Å². The van der Waals surface area contributed by atoms with Crippen LogP contribution in [0.15, 0.2) is 52.9 Å². The van der Waals surface area contributed by atoms with Gasteiger partial charge in [-0.3, -0.25) is 29.8 Å². The summed E-state index contributed by atoms with van der Waals surface area (Å²) in [4.78, 5) is 43.3. The van der Waals surface area contributed by atoms with Crippen molar-refractivity contribution in [1.82, 2.24) is 20.4 Å². The first-order valence-corrected chi connectivity index (χ1v) is 10.6. The summed E-state index contributed by atoms with van der Waals surface area (Å²) in [6.07, 6.45) is 1.62. The number of carbonyl (C=O) groups is 2. The Hall–Kier alpha value is -2.91. The first-order valence-electron chi connectivity index (χ1n) is 8.80. The van der Waals surface area contributed by atoms with Crippen LogP contribution in [0.25, 0.3) is 10.2 Å². The van der Waals surface area contributed by atoms with Gasteiger partial charge < -0.3 is 0 Å². The zero-order chi connectivity index (χ0) is 21.0. The number of nitrogens with one attached hydrogen (secondary N) is 2. The third kappa shape index (κ3) is 4.57. The van der Waals surface area contributed by atoms with Crippen LogP contribution in [0.4, 0.5) is 0 Å². The third-order valence-corrected chi connectivity index (χ3v) is 6.33. The Morgan fingerprint density at radius 2 is 1.97 bits per heavy atom. The topological polar surface area (TPSA) is 93.1 Å². The summed E-state index contributed by atoms with van der Waals surface area (Å²) in [5.41, 5.74) is 5.98. The van der Waals surface area contributed by atoms with Gasteiger partial charge in [-0.05, 0) is 31.5 Å². The Labute approximate surface area is 175 Å². The molecule has 2 N–H and O–H groups in total. The third-order valence-electron chi connectivity index (χ3n) is 4.25. The monoisotopic (exact) mass is 428 g/mol. The molecule has 0 aliphatic rings. The van der Waals surface area contributed by atoms with Gasteiger partial charge in [-0.2, -0.15) is 0 Å². The highest BCUT2D eigenvalue weighted by Gasteiger charge is 2.17. The number of thiophene rings is 1. The SMILES string of the molecule is C=CCn1c(SCC(=O)NNC(=O)c2ccccc2)nc2sc(C)c(C)c2c1=O. The largest absolute Gasteiger partial charge is 0.283 e. The fourth-order valence-corrected chi connectivity index (χ4v) is 4.54. The molecule has 2 aromatic heterocycles. The summed E-state index contributed by atoms with van der Waals surface area (Å²) in [7, 11) is 0. The Balaban J connectivity index is 1.71. The van der Waals surface area contributed by atoms with Crippen molar-refractivity contribution in [2.24, 2.45) is 0 Å². The first kappa shape index (κ1) is 20.8. The second kappa shape index (κ2) is 9.06. The van der Waals surface area contributed by atoms with Crippen LogP contribution in [-0.2, 0) is 11.3 Å². The van der Waals surface area contributed by atoms with Crippen molar-refractivity contribution in [1.29, 1.82) is 0 Å². The number of thioether (sulfide) groups is 1. The van der Waals surface area contributed by atoms with E-state index >= 15 is 0 Å². The van der Waals surface area contributed by atoms with E-state index in [0.717, 1.165) is 22.2 Å². The smallest absolute Gasteiger partial charge is 0.269 e. The van der Waals surface area contributed by atoms with Gasteiger partial charge in [0.1, 0.15) is 4.83 Å². The van der Waals surface area contributed by atoms with E-state index in [1.54, 1.807) is 36.4 Å². The Morgan fingerprint density at radius 1 is 1.24 bits per heavy atom. The Bertz CT molecular complexity index is 1140. The summed E-state index contributed by atoms with van der Waals surface area (Å²) < 4.78 is 1.51. The quantitative estimate of drug-likeness (QED) is 0.273. The lowest BCUT2D eigenvalue weighted by molar-refractivity contribution is -0.119. The number of allylic oxidation sites excluding steroid dienone is 1. The molecule has 0 radical (unpaired) electrons. The molecule has 0 saturated heterocycles. The highest BCUT2D eigenvalue weighted by molar-refractivity contribution is 7.99. The molecule has 9 heteroatoms. The number of hydrogen-bond donors (Lipinski definition) is 2. The average molecular weight is 429 g/mol. The summed E-state index contributed by atoms with van der Waals surface area (Å²) in [5.74, 6) is -0.818. The molecule has 0 aliphatic carbocycles. The molecule has 150 valence electrons. The van der Waals surface area contributed by atoms with E-state index in [1.165, 1.54) is 15.9 Å². The fourth-order valence-electron chi connectivity index (χ4n) is 2.66. The molecule has 3 aromatic rings. The second-order valence-electron chi connectivity index (χ2n) is 6.22. The van der Waals surface area contributed by atoms with Gasteiger partial charge in [0.15, 0.2) is 5.16 Å². The molecule has 0 fully saturated rings. The number of carbonyl (C=O) groups excluding carboxylic acids is 2. The lowest BCUT2D eigenvalue weighted by Gasteiger charge is -2.11. The van der Waals surface area contributed by atoms with Crippen molar-refractivity contribution in [2.75, 3.05) is 5.75 Å². The maximum absolute atomic E-state index is 12.9. The summed E-state index contributed by atoms with van der Waals surface area (Å²) in [6.45, 7) is 7.86. The Morgan fingerprint density at radius 3 is 2.66 bits per heavy atom. The maximum Gasteiger partial charge on any atom is 0.269 e. The number of benzene rings is 1. The number of nitrogens with zero attached hydrogens (tertiary/aromatic N) is 2. The number of amides is 2. The van der Waals surface area contributed by atoms with E-state index in [2.05, 4.69) is 22.4 Å². The van der Waals surface area contributed by atoms with Crippen LogP contribution in [0.1, 0.15) is 20.8 Å². The van der Waals surface area contributed by atoms with Crippen LogP contribution >= 0.6 is 23.1 Å². The van der Waals surface area contributed by atoms with Gasteiger partial charge in [-0.1, -0.05) is 36.0 Å². The van der Waals surface area contributed by atoms with E-state index in [1.807, 2.05) is 13.8 Å². The van der Waals surface area contributed by atoms with Crippen molar-refractivity contribution in [2.45, 2.75) is 25.5 Å². The van der Waals surface area contributed by atoms with Crippen LogP contribution < -0.4 is 16.4 Å². The summed E-state index contributed by atoms with van der Waals surface area (Å²) >= 11 is 2.59. The van der Waals surface area contributed by atoms with E-state index in [0.29, 0.717) is 27.5 Å². The highest BCUT2D eigenvalue weighted by atomic mass is 32.2. The van der Waals surface area contributed by atoms with Crippen LogP contribution in [0, 0.1) is 13.8 Å². The minimum atomic E-state index is -0.406. The molecule has 0 aliphatic heterocycles. The van der Waals surface area contributed by atoms with Crippen molar-refractivity contribution in [3.63, 3.8) is 0 Å². The minimum Gasteiger partial charge on any atom is -0.283 e. The molecule has 1 aromatic carbocycles. The predicted octanol–water partition coefficient (Wildman–Crippen LogP) is 2.81. The molecule has 2 amide bonds. The van der Waals surface area contributed by atoms with Crippen molar-refractivity contribution < 1.29 is 9.59 Å². The molecule has 0 bridgehead atoms. The molecular weight excluding hydrogens is 408 g/mol. The number of rotatable bonds is 6. The van der Waals surface area contributed by atoms with Gasteiger partial charge in [0.05, 0.1) is 11.1 Å². The molecular formula is C20H20N4O3S2. The standard InChI is InChI=1S/C20H20N4O3S2/c1-4-10-24-19(27)16-12(2)13(3)29-18(16)21-20(24)28-11-15(25)22-23-17(26)14-8-6-5-7-9-14/h4-9H,1,10-11H2,2-3H3,(H,22,25)(H,23,26). The van der Waals surface area contributed by atoms with Gasteiger partial charge in [0.25, 0.3) is 11.5 Å². The zero-order valence-corrected chi connectivity index (χ0v) is 17.7. The van der Waals surface area contributed by atoms with E-state index in [-0.39, 0.29) is 11.3 Å². The number of hydrazine groups is 1. The van der Waals surface area contributed by atoms with E-state index < -0.39 is 11.8 Å². The average Bonchev–Trinajstić information content (AvgIpc) is 3.01. The molecule has 0 unspecified atom stereocenters. The van der Waals surface area contributed by atoms with Crippen molar-refractivity contribution in [3.8, 4) is 0 Å². The van der Waals surface area contributed by atoms with Crippen molar-refractivity contribution in [3.05, 3.63) is 69.3 Å². The van der Waals surface area contributed by atoms with Gasteiger partial charge in [-0.15, -0.1) is 17.9 Å². The Kier molecular flexibility index (Phi) is 6.50. The van der Waals surface area contributed by atoms with Gasteiger partial charge in [-0.25, -0.2) is 4.98 Å². The second-order valence-corrected chi connectivity index (χ2v) is 8.36. The van der Waals surface area contributed by atoms with Crippen LogP contribution in [0.2, 0.25) is 0 Å². The number of aromatic nitrogens is 2. The first-order chi connectivity index (χ1) is 13.9. The van der Waals surface area contributed by atoms with E-state index in [4.69, 9.17) is 0 Å². The zero-order valence-electron chi connectivity index (χ0n) is 16.0. The molecule has 7 nitrogen and oxygen atoms in total. The van der Waals surface area contributed by atoms with Gasteiger partial charge >= 0.3 is 0 Å². The maximum atomic E-state index is 12.9. The minimum absolute atomic E-state index is 0.00645. The molecule has 3 rings (SSSR count). The van der Waals surface area contributed by atoms with Crippen LogP contribution in [0.5, 0.6) is 0 Å². The molecule has 0 atom stereocenters. The van der Waals surface area contributed by atoms with E-state index in [9.17, 15) is 14.4 Å². The number of aryl methyl sites for hydroxylation is 2. The lowest BCUT2D eigenvalue weighted by atomic mass is 10.2. The summed E-state index contributed by atoms with van der Waals surface area (Å²) in [5, 5.41) is 1.05. The molecule has 29 heavy (non-hydrogen) atoms. The number of fused-ring (bicyclic) bond motifs is 1. The van der Waals surface area contributed by atoms with Crippen LogP contribution in [0.3, 0.4) is 0 Å². The highest BCUT2D eigenvalue weighted by Crippen LogP contribution is 2.28. The van der Waals surface area contributed by atoms with Gasteiger partial charge in [0.2, 0.25) is 5.91 Å². The number of hydrogen-bond acceptors (Lipinski definition) is 6. The predicted molar refractivity (Wildman–Crippen MR) is 116 cm³/mol. The fraction of sp³-hybridized carbons (Fsp3) is 0.200. The molecule has 0 saturated carbocycles. The van der Waals surface area contributed by atoms with Gasteiger partial charge in [0, 0.05) is 17.0 Å². The molecule has 0 spiro atoms. The molecule has 2 heterocycles. The lowest BCUT2D eigenvalue weighted by Crippen LogP contribution is -2.42.